The Kier molecular flexibility index (Phi) is 5.66. The van der Waals surface area contributed by atoms with Crippen LogP contribution in [0, 0.1) is 27.7 Å². The summed E-state index contributed by atoms with van der Waals surface area (Å²) < 4.78 is 1.88. The van der Waals surface area contributed by atoms with Crippen LogP contribution in [0.15, 0.2) is 54.1 Å². The Morgan fingerprint density at radius 1 is 0.912 bits per heavy atom. The number of hydrogen-bond donors (Lipinski definition) is 2. The molecule has 8 heteroatoms. The van der Waals surface area contributed by atoms with Gasteiger partial charge in [-0.05, 0) is 74.7 Å². The van der Waals surface area contributed by atoms with E-state index in [2.05, 4.69) is 5.32 Å². The lowest BCUT2D eigenvalue weighted by Gasteiger charge is -2.27. The number of carbonyl (C=O) groups is 4. The van der Waals surface area contributed by atoms with Crippen LogP contribution >= 0.6 is 0 Å². The highest BCUT2D eigenvalue weighted by Crippen LogP contribution is 2.28. The molecule has 172 valence electrons. The number of barbiturate groups is 1. The summed E-state index contributed by atoms with van der Waals surface area (Å²) in [6.45, 7) is 7.33. The van der Waals surface area contributed by atoms with Gasteiger partial charge in [0, 0.05) is 17.1 Å². The van der Waals surface area contributed by atoms with E-state index in [9.17, 15) is 24.3 Å². The van der Waals surface area contributed by atoms with E-state index in [1.807, 2.05) is 31.4 Å². The van der Waals surface area contributed by atoms with Crippen molar-refractivity contribution >= 4 is 35.6 Å². The molecule has 2 N–H and O–H groups in total. The Balaban J connectivity index is 1.81. The number of nitrogens with one attached hydrogen (secondary N) is 1. The van der Waals surface area contributed by atoms with Crippen LogP contribution in [0.25, 0.3) is 11.8 Å². The molecule has 3 aromatic rings. The number of hydrogen-bond acceptors (Lipinski definition) is 4. The largest absolute Gasteiger partial charge is 0.478 e. The quantitative estimate of drug-likeness (QED) is 0.453. The number of aromatic carboxylic acids is 1. The lowest BCUT2D eigenvalue weighted by molar-refractivity contribution is -0.122. The van der Waals surface area contributed by atoms with E-state index >= 15 is 0 Å². The number of benzene rings is 2. The van der Waals surface area contributed by atoms with Crippen LogP contribution in [0.1, 0.15) is 38.4 Å². The maximum absolute atomic E-state index is 13.3. The molecule has 0 spiro atoms. The summed E-state index contributed by atoms with van der Waals surface area (Å²) in [6.07, 6.45) is 1.46. The van der Waals surface area contributed by atoms with Gasteiger partial charge in [0.25, 0.3) is 11.8 Å². The standard InChI is InChI=1S/C26H23N3O5/c1-14-7-5-6-8-21(14)29-24(31)20(23(30)27-26(29)34)12-19-11-16(3)28(17(19)4)22-13-18(25(32)33)10-9-15(22)2/h5-13H,1-4H3,(H,32,33)(H,27,30,34)/b20-12-. The monoisotopic (exact) mass is 457 g/mol. The number of anilines is 1. The highest BCUT2D eigenvalue weighted by atomic mass is 16.4. The number of carbonyl (C=O) groups excluding carboxylic acids is 3. The molecular formula is C26H23N3O5. The second kappa shape index (κ2) is 8.47. The van der Waals surface area contributed by atoms with Crippen molar-refractivity contribution in [3.63, 3.8) is 0 Å². The Morgan fingerprint density at radius 3 is 2.26 bits per heavy atom. The van der Waals surface area contributed by atoms with Gasteiger partial charge < -0.3 is 9.67 Å². The van der Waals surface area contributed by atoms with E-state index in [1.165, 1.54) is 6.08 Å². The molecule has 0 unspecified atom stereocenters. The average Bonchev–Trinajstić information content (AvgIpc) is 3.05. The highest BCUT2D eigenvalue weighted by molar-refractivity contribution is 6.39. The van der Waals surface area contributed by atoms with Crippen LogP contribution in [-0.2, 0) is 9.59 Å². The van der Waals surface area contributed by atoms with Crippen LogP contribution in [0.2, 0.25) is 0 Å². The highest BCUT2D eigenvalue weighted by Gasteiger charge is 2.37. The van der Waals surface area contributed by atoms with Crippen molar-refractivity contribution in [2.24, 2.45) is 0 Å². The number of nitrogens with zero attached hydrogens (tertiary/aromatic N) is 2. The molecule has 2 heterocycles. The first-order chi connectivity index (χ1) is 16.1. The van der Waals surface area contributed by atoms with E-state index in [-0.39, 0.29) is 11.1 Å². The molecule has 0 aliphatic carbocycles. The molecule has 0 radical (unpaired) electrons. The molecule has 0 saturated carbocycles. The van der Waals surface area contributed by atoms with Crippen molar-refractivity contribution in [3.8, 4) is 5.69 Å². The fourth-order valence-corrected chi connectivity index (χ4v) is 4.13. The zero-order valence-electron chi connectivity index (χ0n) is 19.2. The summed E-state index contributed by atoms with van der Waals surface area (Å²) in [4.78, 5) is 50.8. The van der Waals surface area contributed by atoms with Crippen LogP contribution in [-0.4, -0.2) is 33.5 Å². The second-order valence-electron chi connectivity index (χ2n) is 8.21. The Labute approximate surface area is 196 Å². The zero-order chi connectivity index (χ0) is 24.7. The third kappa shape index (κ3) is 3.79. The molecule has 0 atom stereocenters. The van der Waals surface area contributed by atoms with Crippen molar-refractivity contribution in [1.29, 1.82) is 0 Å². The third-order valence-corrected chi connectivity index (χ3v) is 5.93. The smallest absolute Gasteiger partial charge is 0.335 e. The van der Waals surface area contributed by atoms with E-state index in [0.29, 0.717) is 22.5 Å². The summed E-state index contributed by atoms with van der Waals surface area (Å²) >= 11 is 0. The molecule has 1 aliphatic heterocycles. The van der Waals surface area contributed by atoms with Gasteiger partial charge in [0.15, 0.2) is 0 Å². The molecule has 0 bridgehead atoms. The van der Waals surface area contributed by atoms with Gasteiger partial charge in [0.05, 0.1) is 11.3 Å². The number of carboxylic acid groups (broad SMARTS) is 1. The van der Waals surface area contributed by atoms with Crippen LogP contribution in [0.4, 0.5) is 10.5 Å². The maximum atomic E-state index is 13.3. The minimum atomic E-state index is -1.03. The molecule has 34 heavy (non-hydrogen) atoms. The first-order valence-electron chi connectivity index (χ1n) is 10.6. The predicted octanol–water partition coefficient (Wildman–Crippen LogP) is 4.08. The molecule has 1 saturated heterocycles. The van der Waals surface area contributed by atoms with Gasteiger partial charge in [0.2, 0.25) is 0 Å². The molecule has 1 aromatic heterocycles. The molecule has 8 nitrogen and oxygen atoms in total. The van der Waals surface area contributed by atoms with Gasteiger partial charge in [-0.15, -0.1) is 0 Å². The Morgan fingerprint density at radius 2 is 1.59 bits per heavy atom. The van der Waals surface area contributed by atoms with Gasteiger partial charge >= 0.3 is 12.0 Å². The first kappa shape index (κ1) is 22.7. The first-order valence-corrected chi connectivity index (χ1v) is 10.6. The van der Waals surface area contributed by atoms with Gasteiger partial charge in [0.1, 0.15) is 5.57 Å². The normalized spacial score (nSPS) is 15.1. The van der Waals surface area contributed by atoms with Crippen LogP contribution in [0.3, 0.4) is 0 Å². The minimum Gasteiger partial charge on any atom is -0.478 e. The number of imide groups is 2. The van der Waals surface area contributed by atoms with E-state index in [4.69, 9.17) is 0 Å². The van der Waals surface area contributed by atoms with Crippen molar-refractivity contribution in [2.45, 2.75) is 27.7 Å². The number of aryl methyl sites for hydroxylation is 3. The Bertz CT molecular complexity index is 1410. The minimum absolute atomic E-state index is 0.155. The van der Waals surface area contributed by atoms with Gasteiger partial charge in [-0.25, -0.2) is 14.5 Å². The van der Waals surface area contributed by atoms with E-state index in [1.54, 1.807) is 49.4 Å². The lowest BCUT2D eigenvalue weighted by Crippen LogP contribution is -2.54. The SMILES string of the molecule is Cc1ccccc1N1C(=O)NC(=O)/C(=C/c2cc(C)n(-c3cc(C(=O)O)ccc3C)c2C)C1=O. The van der Waals surface area contributed by atoms with Crippen molar-refractivity contribution in [3.05, 3.63) is 87.7 Å². The van der Waals surface area contributed by atoms with Crippen molar-refractivity contribution in [1.82, 2.24) is 9.88 Å². The van der Waals surface area contributed by atoms with Gasteiger partial charge in [-0.2, -0.15) is 0 Å². The van der Waals surface area contributed by atoms with Crippen molar-refractivity contribution < 1.29 is 24.3 Å². The summed E-state index contributed by atoms with van der Waals surface area (Å²) in [6, 6.07) is 12.8. The zero-order valence-corrected chi connectivity index (χ0v) is 19.2. The van der Waals surface area contributed by atoms with Gasteiger partial charge in [-0.3, -0.25) is 14.9 Å². The topological polar surface area (TPSA) is 109 Å². The third-order valence-electron chi connectivity index (χ3n) is 5.93. The average molecular weight is 457 g/mol. The predicted molar refractivity (Wildman–Crippen MR) is 127 cm³/mol. The molecule has 2 aromatic carbocycles. The Hall–Kier alpha value is -4.46. The second-order valence-corrected chi connectivity index (χ2v) is 8.21. The van der Waals surface area contributed by atoms with E-state index in [0.717, 1.165) is 21.9 Å². The molecule has 4 rings (SSSR count). The van der Waals surface area contributed by atoms with E-state index < -0.39 is 23.8 Å². The maximum Gasteiger partial charge on any atom is 0.335 e. The van der Waals surface area contributed by atoms with Crippen LogP contribution in [0.5, 0.6) is 0 Å². The summed E-state index contributed by atoms with van der Waals surface area (Å²) in [5.74, 6) is -2.51. The number of carboxylic acids is 1. The summed E-state index contributed by atoms with van der Waals surface area (Å²) in [7, 11) is 0. The number of urea groups is 1. The number of aromatic nitrogens is 1. The summed E-state index contributed by atoms with van der Waals surface area (Å²) in [5.41, 5.74) is 4.78. The molecule has 1 fully saturated rings. The van der Waals surface area contributed by atoms with Gasteiger partial charge in [-0.1, -0.05) is 24.3 Å². The summed E-state index contributed by atoms with van der Waals surface area (Å²) in [5, 5.41) is 11.6. The number of amides is 4. The van der Waals surface area contributed by atoms with Crippen molar-refractivity contribution in [2.75, 3.05) is 4.90 Å². The number of para-hydroxylation sites is 1. The molecular weight excluding hydrogens is 434 g/mol. The molecule has 1 aliphatic rings. The molecule has 4 amide bonds. The fraction of sp³-hybridized carbons (Fsp3) is 0.154. The fourth-order valence-electron chi connectivity index (χ4n) is 4.13. The lowest BCUT2D eigenvalue weighted by atomic mass is 10.1. The van der Waals surface area contributed by atoms with Crippen LogP contribution < -0.4 is 10.2 Å². The number of rotatable bonds is 4.